The standard InChI is InChI=1S/C19H18ClNO4S/c1-4-24-19(23)16-10(2)11(3)26-18(16)21-17(22)13-7-12-8-14(20)5-6-15(12)25-9-13/h5-8H,4,9H2,1-3H3,(H,21,22). The Labute approximate surface area is 160 Å². The number of amides is 1. The van der Waals surface area contributed by atoms with Crippen LogP contribution in [0, 0.1) is 13.8 Å². The van der Waals surface area contributed by atoms with Crippen LogP contribution in [0.4, 0.5) is 5.00 Å². The SMILES string of the molecule is CCOC(=O)c1c(NC(=O)C2=Cc3cc(Cl)ccc3OC2)sc(C)c1C. The Hall–Kier alpha value is -2.31. The van der Waals surface area contributed by atoms with Gasteiger partial charge in [0, 0.05) is 15.5 Å². The van der Waals surface area contributed by atoms with E-state index < -0.39 is 5.97 Å². The predicted octanol–water partition coefficient (Wildman–Crippen LogP) is 4.61. The van der Waals surface area contributed by atoms with Crippen molar-refractivity contribution in [2.75, 3.05) is 18.5 Å². The summed E-state index contributed by atoms with van der Waals surface area (Å²) >= 11 is 7.36. The Morgan fingerprint density at radius 3 is 2.85 bits per heavy atom. The molecule has 5 nitrogen and oxygen atoms in total. The monoisotopic (exact) mass is 391 g/mol. The van der Waals surface area contributed by atoms with Crippen LogP contribution in [0.25, 0.3) is 6.08 Å². The van der Waals surface area contributed by atoms with Gasteiger partial charge in [-0.15, -0.1) is 11.3 Å². The van der Waals surface area contributed by atoms with Gasteiger partial charge in [0.25, 0.3) is 5.91 Å². The van der Waals surface area contributed by atoms with E-state index in [4.69, 9.17) is 21.1 Å². The molecule has 7 heteroatoms. The summed E-state index contributed by atoms with van der Waals surface area (Å²) in [4.78, 5) is 25.9. The summed E-state index contributed by atoms with van der Waals surface area (Å²) in [7, 11) is 0. The molecule has 1 N–H and O–H groups in total. The minimum absolute atomic E-state index is 0.151. The lowest BCUT2D eigenvalue weighted by atomic mass is 10.1. The van der Waals surface area contributed by atoms with Crippen molar-refractivity contribution in [3.05, 3.63) is 50.4 Å². The molecule has 26 heavy (non-hydrogen) atoms. The fourth-order valence-electron chi connectivity index (χ4n) is 2.63. The number of rotatable bonds is 4. The molecule has 0 saturated carbocycles. The lowest BCUT2D eigenvalue weighted by Crippen LogP contribution is -2.22. The van der Waals surface area contributed by atoms with Gasteiger partial charge in [0.1, 0.15) is 17.4 Å². The van der Waals surface area contributed by atoms with Crippen LogP contribution in [0.2, 0.25) is 5.02 Å². The maximum atomic E-state index is 12.7. The number of esters is 1. The smallest absolute Gasteiger partial charge is 0.341 e. The number of benzene rings is 1. The lowest BCUT2D eigenvalue weighted by Gasteiger charge is -2.17. The first-order valence-electron chi connectivity index (χ1n) is 8.12. The zero-order valence-corrected chi connectivity index (χ0v) is 16.2. The van der Waals surface area contributed by atoms with E-state index in [0.29, 0.717) is 26.9 Å². The molecule has 1 aliphatic rings. The Morgan fingerprint density at radius 1 is 1.35 bits per heavy atom. The maximum Gasteiger partial charge on any atom is 0.341 e. The Bertz CT molecular complexity index is 917. The molecule has 3 rings (SSSR count). The van der Waals surface area contributed by atoms with E-state index in [1.165, 1.54) is 11.3 Å². The van der Waals surface area contributed by atoms with E-state index in [1.54, 1.807) is 31.2 Å². The molecule has 0 bridgehead atoms. The largest absolute Gasteiger partial charge is 0.488 e. The number of halogens is 1. The second-order valence-electron chi connectivity index (χ2n) is 5.80. The van der Waals surface area contributed by atoms with Crippen LogP contribution in [0.15, 0.2) is 23.8 Å². The molecule has 0 unspecified atom stereocenters. The highest BCUT2D eigenvalue weighted by Gasteiger charge is 2.24. The molecule has 2 heterocycles. The number of hydrogen-bond acceptors (Lipinski definition) is 5. The second-order valence-corrected chi connectivity index (χ2v) is 7.46. The number of anilines is 1. The highest BCUT2D eigenvalue weighted by Crippen LogP contribution is 2.34. The van der Waals surface area contributed by atoms with Crippen molar-refractivity contribution in [2.45, 2.75) is 20.8 Å². The number of nitrogens with one attached hydrogen (secondary N) is 1. The molecule has 1 aromatic heterocycles. The summed E-state index contributed by atoms with van der Waals surface area (Å²) in [5.41, 5.74) is 2.43. The number of carbonyl (C=O) groups excluding carboxylic acids is 2. The summed E-state index contributed by atoms with van der Waals surface area (Å²) in [6.07, 6.45) is 1.75. The lowest BCUT2D eigenvalue weighted by molar-refractivity contribution is -0.113. The van der Waals surface area contributed by atoms with Crippen LogP contribution < -0.4 is 10.1 Å². The van der Waals surface area contributed by atoms with Crippen molar-refractivity contribution in [3.63, 3.8) is 0 Å². The van der Waals surface area contributed by atoms with Crippen LogP contribution in [0.3, 0.4) is 0 Å². The van der Waals surface area contributed by atoms with Gasteiger partial charge < -0.3 is 14.8 Å². The molecule has 0 atom stereocenters. The molecule has 2 aromatic rings. The summed E-state index contributed by atoms with van der Waals surface area (Å²) in [5, 5.41) is 3.88. The topological polar surface area (TPSA) is 64.6 Å². The first-order valence-corrected chi connectivity index (χ1v) is 9.31. The van der Waals surface area contributed by atoms with Gasteiger partial charge in [0.2, 0.25) is 0 Å². The van der Waals surface area contributed by atoms with Crippen LogP contribution in [0.5, 0.6) is 5.75 Å². The first kappa shape index (κ1) is 18.5. The van der Waals surface area contributed by atoms with Crippen LogP contribution in [-0.2, 0) is 9.53 Å². The average molecular weight is 392 g/mol. The minimum atomic E-state index is -0.435. The van der Waals surface area contributed by atoms with Gasteiger partial charge in [-0.1, -0.05) is 11.6 Å². The van der Waals surface area contributed by atoms with Crippen LogP contribution in [0.1, 0.15) is 33.3 Å². The van der Waals surface area contributed by atoms with Crippen molar-refractivity contribution < 1.29 is 19.1 Å². The quantitative estimate of drug-likeness (QED) is 0.773. The second kappa shape index (κ2) is 7.51. The molecule has 0 spiro atoms. The molecule has 1 aromatic carbocycles. The van der Waals surface area contributed by atoms with Gasteiger partial charge in [-0.3, -0.25) is 4.79 Å². The van der Waals surface area contributed by atoms with Crippen molar-refractivity contribution in [3.8, 4) is 5.75 Å². The highest BCUT2D eigenvalue weighted by atomic mass is 35.5. The molecule has 0 fully saturated rings. The molecule has 0 radical (unpaired) electrons. The van der Waals surface area contributed by atoms with Crippen molar-refractivity contribution in [1.29, 1.82) is 0 Å². The molecule has 1 aliphatic heterocycles. The molecular formula is C19H18ClNO4S. The van der Waals surface area contributed by atoms with Gasteiger partial charge in [-0.05, 0) is 50.6 Å². The summed E-state index contributed by atoms with van der Waals surface area (Å²) in [6.45, 7) is 5.92. The van der Waals surface area contributed by atoms with Crippen molar-refractivity contribution in [2.24, 2.45) is 0 Å². The van der Waals surface area contributed by atoms with E-state index in [0.717, 1.165) is 16.0 Å². The summed E-state index contributed by atoms with van der Waals surface area (Å²) in [5.74, 6) is -0.0703. The van der Waals surface area contributed by atoms with Crippen molar-refractivity contribution in [1.82, 2.24) is 0 Å². The van der Waals surface area contributed by atoms with Gasteiger partial charge in [0.05, 0.1) is 17.7 Å². The van der Waals surface area contributed by atoms with E-state index in [2.05, 4.69) is 5.32 Å². The number of ether oxygens (including phenoxy) is 2. The average Bonchev–Trinajstić information content (AvgIpc) is 2.88. The molecule has 136 valence electrons. The predicted molar refractivity (Wildman–Crippen MR) is 103 cm³/mol. The fourth-order valence-corrected chi connectivity index (χ4v) is 3.85. The molecule has 1 amide bonds. The van der Waals surface area contributed by atoms with Gasteiger partial charge in [-0.25, -0.2) is 4.79 Å². The van der Waals surface area contributed by atoms with E-state index >= 15 is 0 Å². The van der Waals surface area contributed by atoms with Gasteiger partial charge in [-0.2, -0.15) is 0 Å². The first-order chi connectivity index (χ1) is 12.4. The number of hydrogen-bond donors (Lipinski definition) is 1. The van der Waals surface area contributed by atoms with Gasteiger partial charge in [0.15, 0.2) is 0 Å². The number of aryl methyl sites for hydroxylation is 1. The summed E-state index contributed by atoms with van der Waals surface area (Å²) < 4.78 is 10.7. The fraction of sp³-hybridized carbons (Fsp3) is 0.263. The van der Waals surface area contributed by atoms with Crippen LogP contribution >= 0.6 is 22.9 Å². The number of carbonyl (C=O) groups is 2. The third-order valence-corrected chi connectivity index (χ3v) is 5.43. The third kappa shape index (κ3) is 3.61. The zero-order chi connectivity index (χ0) is 18.8. The molecular weight excluding hydrogens is 374 g/mol. The number of thiophene rings is 1. The highest BCUT2D eigenvalue weighted by molar-refractivity contribution is 7.16. The Morgan fingerprint density at radius 2 is 2.12 bits per heavy atom. The number of fused-ring (bicyclic) bond motifs is 1. The van der Waals surface area contributed by atoms with E-state index in [-0.39, 0.29) is 19.1 Å². The third-order valence-electron chi connectivity index (χ3n) is 4.07. The maximum absolute atomic E-state index is 12.7. The van der Waals surface area contributed by atoms with E-state index in [9.17, 15) is 9.59 Å². The van der Waals surface area contributed by atoms with E-state index in [1.807, 2.05) is 13.8 Å². The molecule has 0 saturated heterocycles. The van der Waals surface area contributed by atoms with Crippen LogP contribution in [-0.4, -0.2) is 25.1 Å². The normalized spacial score (nSPS) is 12.7. The molecule has 0 aliphatic carbocycles. The Kier molecular flexibility index (Phi) is 5.34. The minimum Gasteiger partial charge on any atom is -0.488 e. The zero-order valence-electron chi connectivity index (χ0n) is 14.6. The summed E-state index contributed by atoms with van der Waals surface area (Å²) in [6, 6.07) is 5.25. The van der Waals surface area contributed by atoms with Gasteiger partial charge >= 0.3 is 5.97 Å². The Balaban J connectivity index is 1.87. The van der Waals surface area contributed by atoms with Crippen molar-refractivity contribution >= 4 is 45.9 Å².